The minimum atomic E-state index is -0.374. The Balaban J connectivity index is 1.63. The van der Waals surface area contributed by atoms with Crippen LogP contribution >= 0.6 is 11.3 Å². The number of nitrogens with one attached hydrogen (secondary N) is 1. The highest BCUT2D eigenvalue weighted by atomic mass is 32.1. The second kappa shape index (κ2) is 6.66. The minimum absolute atomic E-state index is 0.0436. The lowest BCUT2D eigenvalue weighted by Gasteiger charge is -2.11. The van der Waals surface area contributed by atoms with Gasteiger partial charge in [0.1, 0.15) is 12.4 Å². The van der Waals surface area contributed by atoms with E-state index in [4.69, 9.17) is 0 Å². The summed E-state index contributed by atoms with van der Waals surface area (Å²) in [6.45, 7) is 1.87. The first-order chi connectivity index (χ1) is 11.1. The van der Waals surface area contributed by atoms with Crippen LogP contribution in [0.5, 0.6) is 0 Å². The van der Waals surface area contributed by atoms with Gasteiger partial charge in [0.15, 0.2) is 0 Å². The Morgan fingerprint density at radius 1 is 1.39 bits per heavy atom. The molecule has 23 heavy (non-hydrogen) atoms. The maximum atomic E-state index is 13.2. The predicted octanol–water partition coefficient (Wildman–Crippen LogP) is 2.42. The molecular weight excluding hydrogens is 317 g/mol. The van der Waals surface area contributed by atoms with Crippen molar-refractivity contribution in [2.75, 3.05) is 0 Å². The van der Waals surface area contributed by atoms with Crippen molar-refractivity contribution < 1.29 is 9.18 Å². The largest absolute Gasteiger partial charge is 0.347 e. The van der Waals surface area contributed by atoms with E-state index in [1.807, 2.05) is 24.4 Å². The van der Waals surface area contributed by atoms with E-state index in [1.165, 1.54) is 16.9 Å². The van der Waals surface area contributed by atoms with Crippen molar-refractivity contribution in [3.63, 3.8) is 0 Å². The number of tetrazole rings is 1. The van der Waals surface area contributed by atoms with Gasteiger partial charge in [0.05, 0.1) is 6.04 Å². The Bertz CT molecular complexity index is 802. The average Bonchev–Trinajstić information content (AvgIpc) is 3.18. The molecule has 3 aromatic rings. The van der Waals surface area contributed by atoms with Gasteiger partial charge in [-0.05, 0) is 35.7 Å². The van der Waals surface area contributed by atoms with Crippen LogP contribution in [-0.4, -0.2) is 26.1 Å². The maximum absolute atomic E-state index is 13.2. The highest BCUT2D eigenvalue weighted by Crippen LogP contribution is 2.18. The van der Waals surface area contributed by atoms with Crippen LogP contribution in [0, 0.1) is 5.82 Å². The lowest BCUT2D eigenvalue weighted by Crippen LogP contribution is -2.30. The second-order valence-corrected chi connectivity index (χ2v) is 5.94. The van der Waals surface area contributed by atoms with Crippen molar-refractivity contribution in [1.29, 1.82) is 0 Å². The van der Waals surface area contributed by atoms with Gasteiger partial charge in [-0.2, -0.15) is 4.80 Å². The SMILES string of the molecule is CC(NC(=O)Cn1nnc(-c2cccc(F)c2)n1)c1cccs1. The van der Waals surface area contributed by atoms with Gasteiger partial charge in [-0.25, -0.2) is 4.39 Å². The van der Waals surface area contributed by atoms with Crippen molar-refractivity contribution in [2.45, 2.75) is 19.5 Å². The van der Waals surface area contributed by atoms with Crippen LogP contribution in [-0.2, 0) is 11.3 Å². The zero-order valence-electron chi connectivity index (χ0n) is 12.3. The summed E-state index contributed by atoms with van der Waals surface area (Å²) in [5, 5.41) is 16.6. The molecule has 0 bridgehead atoms. The molecule has 0 aliphatic heterocycles. The van der Waals surface area contributed by atoms with Crippen molar-refractivity contribution in [3.8, 4) is 11.4 Å². The molecule has 0 saturated heterocycles. The van der Waals surface area contributed by atoms with Crippen molar-refractivity contribution in [2.24, 2.45) is 0 Å². The third-order valence-electron chi connectivity index (χ3n) is 3.17. The molecule has 1 N–H and O–H groups in total. The fraction of sp³-hybridized carbons (Fsp3) is 0.200. The minimum Gasteiger partial charge on any atom is -0.347 e. The highest BCUT2D eigenvalue weighted by Gasteiger charge is 2.13. The van der Waals surface area contributed by atoms with Gasteiger partial charge in [-0.15, -0.1) is 21.5 Å². The third-order valence-corrected chi connectivity index (χ3v) is 4.22. The van der Waals surface area contributed by atoms with Gasteiger partial charge < -0.3 is 5.32 Å². The zero-order valence-corrected chi connectivity index (χ0v) is 13.1. The maximum Gasteiger partial charge on any atom is 0.244 e. The standard InChI is InChI=1S/C15H14FN5OS/c1-10(13-6-3-7-23-13)17-14(22)9-21-19-15(18-20-21)11-4-2-5-12(16)8-11/h2-8,10H,9H2,1H3,(H,17,22). The third kappa shape index (κ3) is 3.78. The van der Waals surface area contributed by atoms with E-state index >= 15 is 0 Å². The lowest BCUT2D eigenvalue weighted by atomic mass is 10.2. The summed E-state index contributed by atoms with van der Waals surface area (Å²) in [5.41, 5.74) is 0.517. The highest BCUT2D eigenvalue weighted by molar-refractivity contribution is 7.10. The topological polar surface area (TPSA) is 72.7 Å². The molecule has 3 rings (SSSR count). The van der Waals surface area contributed by atoms with Crippen LogP contribution in [0.25, 0.3) is 11.4 Å². The van der Waals surface area contributed by atoms with E-state index in [2.05, 4.69) is 20.7 Å². The number of carbonyl (C=O) groups excluding carboxylic acids is 1. The number of thiophene rings is 1. The van der Waals surface area contributed by atoms with Gasteiger partial charge in [-0.1, -0.05) is 18.2 Å². The first-order valence-corrected chi connectivity index (χ1v) is 7.86. The Labute approximate surface area is 136 Å². The number of nitrogens with zero attached hydrogens (tertiary/aromatic N) is 4. The molecule has 1 unspecified atom stereocenters. The molecule has 2 heterocycles. The Morgan fingerprint density at radius 2 is 2.26 bits per heavy atom. The lowest BCUT2D eigenvalue weighted by molar-refractivity contribution is -0.122. The molecule has 1 aromatic carbocycles. The van der Waals surface area contributed by atoms with E-state index in [1.54, 1.807) is 23.5 Å². The summed E-state index contributed by atoms with van der Waals surface area (Å²) in [5.74, 6) is -0.306. The number of aromatic nitrogens is 4. The Kier molecular flexibility index (Phi) is 4.42. The summed E-state index contributed by atoms with van der Waals surface area (Å²) >= 11 is 1.58. The van der Waals surface area contributed by atoms with Gasteiger partial charge in [0.25, 0.3) is 0 Å². The smallest absolute Gasteiger partial charge is 0.244 e. The molecule has 1 amide bonds. The Morgan fingerprint density at radius 3 is 3.00 bits per heavy atom. The van der Waals surface area contributed by atoms with Crippen LogP contribution in [0.3, 0.4) is 0 Å². The summed E-state index contributed by atoms with van der Waals surface area (Å²) in [6, 6.07) is 9.74. The fourth-order valence-electron chi connectivity index (χ4n) is 2.08. The zero-order chi connectivity index (χ0) is 16.2. The monoisotopic (exact) mass is 331 g/mol. The van der Waals surface area contributed by atoms with Crippen molar-refractivity contribution in [1.82, 2.24) is 25.5 Å². The normalized spacial score (nSPS) is 12.1. The van der Waals surface area contributed by atoms with Crippen LogP contribution in [0.4, 0.5) is 4.39 Å². The summed E-state index contributed by atoms with van der Waals surface area (Å²) in [7, 11) is 0. The number of amides is 1. The molecular formula is C15H14FN5OS. The predicted molar refractivity (Wildman–Crippen MR) is 84.1 cm³/mol. The molecule has 2 aromatic heterocycles. The van der Waals surface area contributed by atoms with Gasteiger partial charge in [-0.3, -0.25) is 4.79 Å². The van der Waals surface area contributed by atoms with E-state index in [0.29, 0.717) is 5.56 Å². The molecule has 0 radical (unpaired) electrons. The van der Waals surface area contributed by atoms with E-state index < -0.39 is 0 Å². The van der Waals surface area contributed by atoms with E-state index in [0.717, 1.165) is 4.88 Å². The first-order valence-electron chi connectivity index (χ1n) is 6.98. The van der Waals surface area contributed by atoms with E-state index in [-0.39, 0.29) is 30.1 Å². The van der Waals surface area contributed by atoms with Crippen LogP contribution < -0.4 is 5.32 Å². The number of benzene rings is 1. The number of rotatable bonds is 5. The summed E-state index contributed by atoms with van der Waals surface area (Å²) in [6.07, 6.45) is 0. The molecule has 0 saturated carbocycles. The molecule has 0 spiro atoms. The molecule has 6 nitrogen and oxygen atoms in total. The van der Waals surface area contributed by atoms with Gasteiger partial charge >= 0.3 is 0 Å². The van der Waals surface area contributed by atoms with Gasteiger partial charge in [0, 0.05) is 10.4 Å². The summed E-state index contributed by atoms with van der Waals surface area (Å²) < 4.78 is 13.2. The number of halogens is 1. The quantitative estimate of drug-likeness (QED) is 0.779. The first kappa shape index (κ1) is 15.3. The molecule has 8 heteroatoms. The second-order valence-electron chi connectivity index (χ2n) is 4.96. The number of hydrogen-bond donors (Lipinski definition) is 1. The van der Waals surface area contributed by atoms with Gasteiger partial charge in [0.2, 0.25) is 11.7 Å². The van der Waals surface area contributed by atoms with E-state index in [9.17, 15) is 9.18 Å². The summed E-state index contributed by atoms with van der Waals surface area (Å²) in [4.78, 5) is 14.3. The Hall–Kier alpha value is -2.61. The van der Waals surface area contributed by atoms with Crippen LogP contribution in [0.1, 0.15) is 17.8 Å². The molecule has 118 valence electrons. The number of carbonyl (C=O) groups is 1. The van der Waals surface area contributed by atoms with Crippen LogP contribution in [0.15, 0.2) is 41.8 Å². The van der Waals surface area contributed by atoms with Crippen LogP contribution in [0.2, 0.25) is 0 Å². The number of hydrogen-bond acceptors (Lipinski definition) is 5. The average molecular weight is 331 g/mol. The molecule has 0 aliphatic rings. The molecule has 0 fully saturated rings. The van der Waals surface area contributed by atoms with Crippen molar-refractivity contribution >= 4 is 17.2 Å². The molecule has 1 atom stereocenters. The molecule has 0 aliphatic carbocycles. The van der Waals surface area contributed by atoms with Crippen molar-refractivity contribution in [3.05, 3.63) is 52.5 Å². The fourth-order valence-corrected chi connectivity index (χ4v) is 2.81.